The number of rotatable bonds is 8. The van der Waals surface area contributed by atoms with Crippen LogP contribution in [-0.4, -0.2) is 38.6 Å². The van der Waals surface area contributed by atoms with Gasteiger partial charge in [0, 0.05) is 30.7 Å². The molecular formula is C19H21ClN2O4. The van der Waals surface area contributed by atoms with Gasteiger partial charge in [-0.15, -0.1) is 0 Å². The highest BCUT2D eigenvalue weighted by atomic mass is 35.5. The summed E-state index contributed by atoms with van der Waals surface area (Å²) < 4.78 is 10.6. The van der Waals surface area contributed by atoms with Crippen LogP contribution in [0.4, 0.5) is 5.69 Å². The molecule has 0 unspecified atom stereocenters. The van der Waals surface area contributed by atoms with Crippen molar-refractivity contribution in [1.29, 1.82) is 0 Å². The average molecular weight is 377 g/mol. The van der Waals surface area contributed by atoms with Gasteiger partial charge in [0.15, 0.2) is 18.1 Å². The quantitative estimate of drug-likeness (QED) is 0.769. The summed E-state index contributed by atoms with van der Waals surface area (Å²) in [6.45, 7) is 1.98. The molecular weight excluding hydrogens is 356 g/mol. The smallest absolute Gasteiger partial charge is 0.258 e. The first-order chi connectivity index (χ1) is 12.5. The molecule has 6 nitrogen and oxygen atoms in total. The molecule has 0 heterocycles. The SMILES string of the molecule is COc1ccccc1OCC(=O)NCCN(C(C)=O)c1ccc(Cl)cc1. The molecule has 0 fully saturated rings. The number of carbonyl (C=O) groups excluding carboxylic acids is 2. The molecule has 0 atom stereocenters. The lowest BCUT2D eigenvalue weighted by Crippen LogP contribution is -2.39. The fourth-order valence-electron chi connectivity index (χ4n) is 2.33. The molecule has 0 aromatic heterocycles. The Morgan fingerprint density at radius 2 is 1.73 bits per heavy atom. The molecule has 26 heavy (non-hydrogen) atoms. The average Bonchev–Trinajstić information content (AvgIpc) is 2.64. The number of halogens is 1. The van der Waals surface area contributed by atoms with Gasteiger partial charge in [0.05, 0.1) is 7.11 Å². The van der Waals surface area contributed by atoms with Gasteiger partial charge in [0.1, 0.15) is 0 Å². The Hall–Kier alpha value is -2.73. The van der Waals surface area contributed by atoms with Crippen LogP contribution in [0, 0.1) is 0 Å². The van der Waals surface area contributed by atoms with E-state index in [9.17, 15) is 9.59 Å². The molecule has 2 rings (SSSR count). The maximum atomic E-state index is 12.0. The summed E-state index contributed by atoms with van der Waals surface area (Å²) in [4.78, 5) is 25.3. The van der Waals surface area contributed by atoms with Crippen molar-refractivity contribution >= 4 is 29.1 Å². The van der Waals surface area contributed by atoms with Crippen LogP contribution >= 0.6 is 11.6 Å². The Kier molecular flexibility index (Phi) is 7.29. The summed E-state index contributed by atoms with van der Waals surface area (Å²) >= 11 is 5.87. The van der Waals surface area contributed by atoms with Crippen LogP contribution in [0.25, 0.3) is 0 Å². The summed E-state index contributed by atoms with van der Waals surface area (Å²) in [6.07, 6.45) is 0. The Bertz CT molecular complexity index is 749. The van der Waals surface area contributed by atoms with Crippen LogP contribution in [0.15, 0.2) is 48.5 Å². The van der Waals surface area contributed by atoms with E-state index < -0.39 is 0 Å². The van der Waals surface area contributed by atoms with Crippen molar-refractivity contribution < 1.29 is 19.1 Å². The first-order valence-corrected chi connectivity index (χ1v) is 8.45. The molecule has 0 aliphatic heterocycles. The zero-order valence-corrected chi connectivity index (χ0v) is 15.5. The third kappa shape index (κ3) is 5.67. The van der Waals surface area contributed by atoms with E-state index in [1.165, 1.54) is 14.0 Å². The summed E-state index contributed by atoms with van der Waals surface area (Å²) in [7, 11) is 1.54. The molecule has 0 bridgehead atoms. The van der Waals surface area contributed by atoms with E-state index in [1.807, 2.05) is 6.07 Å². The number of amides is 2. The summed E-state index contributed by atoms with van der Waals surface area (Å²) in [5.41, 5.74) is 0.724. The molecule has 0 aliphatic rings. The minimum Gasteiger partial charge on any atom is -0.493 e. The van der Waals surface area contributed by atoms with Crippen LogP contribution in [0.3, 0.4) is 0 Å². The summed E-state index contributed by atoms with van der Waals surface area (Å²) in [6, 6.07) is 14.0. The van der Waals surface area contributed by atoms with Gasteiger partial charge in [-0.25, -0.2) is 0 Å². The van der Waals surface area contributed by atoms with E-state index in [0.29, 0.717) is 29.6 Å². The van der Waals surface area contributed by atoms with Gasteiger partial charge in [0.2, 0.25) is 5.91 Å². The van der Waals surface area contributed by atoms with Crippen molar-refractivity contribution in [2.75, 3.05) is 31.7 Å². The van der Waals surface area contributed by atoms with Gasteiger partial charge >= 0.3 is 0 Å². The number of hydrogen-bond acceptors (Lipinski definition) is 4. The topological polar surface area (TPSA) is 67.9 Å². The zero-order valence-electron chi connectivity index (χ0n) is 14.7. The first kappa shape index (κ1) is 19.6. The van der Waals surface area contributed by atoms with Gasteiger partial charge in [0.25, 0.3) is 5.91 Å². The number of nitrogens with one attached hydrogen (secondary N) is 1. The molecule has 2 aromatic rings. The van der Waals surface area contributed by atoms with Crippen molar-refractivity contribution in [2.24, 2.45) is 0 Å². The number of carbonyl (C=O) groups is 2. The fourth-order valence-corrected chi connectivity index (χ4v) is 2.45. The highest BCUT2D eigenvalue weighted by Gasteiger charge is 2.12. The van der Waals surface area contributed by atoms with Crippen LogP contribution in [-0.2, 0) is 9.59 Å². The predicted octanol–water partition coefficient (Wildman–Crippen LogP) is 2.90. The molecule has 1 N–H and O–H groups in total. The van der Waals surface area contributed by atoms with E-state index in [4.69, 9.17) is 21.1 Å². The molecule has 0 aliphatic carbocycles. The van der Waals surface area contributed by atoms with Gasteiger partial charge in [-0.2, -0.15) is 0 Å². The third-order valence-corrected chi connectivity index (χ3v) is 3.86. The van der Waals surface area contributed by atoms with Gasteiger partial charge in [-0.05, 0) is 36.4 Å². The Balaban J connectivity index is 1.82. The number of methoxy groups -OCH3 is 1. The third-order valence-electron chi connectivity index (χ3n) is 3.60. The van der Waals surface area contributed by atoms with Gasteiger partial charge in [-0.1, -0.05) is 23.7 Å². The second-order valence-electron chi connectivity index (χ2n) is 5.44. The number of ether oxygens (including phenoxy) is 2. The Morgan fingerprint density at radius 1 is 1.08 bits per heavy atom. The molecule has 0 radical (unpaired) electrons. The van der Waals surface area contributed by atoms with Crippen molar-refractivity contribution in [3.8, 4) is 11.5 Å². The van der Waals surface area contributed by atoms with Crippen molar-refractivity contribution in [3.05, 3.63) is 53.6 Å². The highest BCUT2D eigenvalue weighted by Crippen LogP contribution is 2.25. The van der Waals surface area contributed by atoms with Crippen molar-refractivity contribution in [3.63, 3.8) is 0 Å². The van der Waals surface area contributed by atoms with Crippen LogP contribution < -0.4 is 19.7 Å². The maximum Gasteiger partial charge on any atom is 0.258 e. The van der Waals surface area contributed by atoms with E-state index in [2.05, 4.69) is 5.32 Å². The summed E-state index contributed by atoms with van der Waals surface area (Å²) in [5, 5.41) is 3.33. The molecule has 0 saturated carbocycles. The number of benzene rings is 2. The van der Waals surface area contributed by atoms with Crippen LogP contribution in [0.1, 0.15) is 6.92 Å². The minimum absolute atomic E-state index is 0.119. The second kappa shape index (κ2) is 9.68. The fraction of sp³-hybridized carbons (Fsp3) is 0.263. The number of para-hydroxylation sites is 2. The van der Waals surface area contributed by atoms with Crippen LogP contribution in [0.2, 0.25) is 5.02 Å². The second-order valence-corrected chi connectivity index (χ2v) is 5.87. The minimum atomic E-state index is -0.282. The maximum absolute atomic E-state index is 12.0. The monoisotopic (exact) mass is 376 g/mol. The molecule has 0 saturated heterocycles. The van der Waals surface area contributed by atoms with E-state index in [0.717, 1.165) is 5.69 Å². The van der Waals surface area contributed by atoms with Gasteiger partial charge in [-0.3, -0.25) is 9.59 Å². The molecule has 2 aromatic carbocycles. The lowest BCUT2D eigenvalue weighted by atomic mass is 10.3. The van der Waals surface area contributed by atoms with Crippen LogP contribution in [0.5, 0.6) is 11.5 Å². The standard InChI is InChI=1S/C19H21ClN2O4/c1-14(23)22(16-9-7-15(20)8-10-16)12-11-21-19(24)13-26-18-6-4-3-5-17(18)25-2/h3-10H,11-13H2,1-2H3,(H,21,24). The molecule has 138 valence electrons. The normalized spacial score (nSPS) is 10.1. The largest absolute Gasteiger partial charge is 0.493 e. The Morgan fingerprint density at radius 3 is 2.35 bits per heavy atom. The first-order valence-electron chi connectivity index (χ1n) is 8.07. The van der Waals surface area contributed by atoms with Gasteiger partial charge < -0.3 is 19.7 Å². The van der Waals surface area contributed by atoms with E-state index in [-0.39, 0.29) is 18.4 Å². The predicted molar refractivity (Wildman–Crippen MR) is 101 cm³/mol. The van der Waals surface area contributed by atoms with Crippen molar-refractivity contribution in [2.45, 2.75) is 6.92 Å². The zero-order chi connectivity index (χ0) is 18.9. The number of hydrogen-bond donors (Lipinski definition) is 1. The lowest BCUT2D eigenvalue weighted by Gasteiger charge is -2.21. The lowest BCUT2D eigenvalue weighted by molar-refractivity contribution is -0.123. The van der Waals surface area contributed by atoms with Crippen molar-refractivity contribution in [1.82, 2.24) is 5.32 Å². The molecule has 0 spiro atoms. The molecule has 7 heteroatoms. The summed E-state index contributed by atoms with van der Waals surface area (Å²) in [5.74, 6) is 0.657. The van der Waals surface area contributed by atoms with E-state index >= 15 is 0 Å². The highest BCUT2D eigenvalue weighted by molar-refractivity contribution is 6.30. The number of anilines is 1. The molecule has 2 amide bonds. The Labute approximate surface area is 157 Å². The number of nitrogens with zero attached hydrogens (tertiary/aromatic N) is 1. The van der Waals surface area contributed by atoms with E-state index in [1.54, 1.807) is 47.4 Å².